The summed E-state index contributed by atoms with van der Waals surface area (Å²) in [5.74, 6) is 4.85. The summed E-state index contributed by atoms with van der Waals surface area (Å²) in [6.45, 7) is -2.00. The van der Waals surface area contributed by atoms with Gasteiger partial charge in [-0.2, -0.15) is 17.5 Å². The number of halogens is 4. The molecule has 0 saturated heterocycles. The second-order valence-electron chi connectivity index (χ2n) is 3.98. The molecule has 1 rings (SSSR count). The second-order valence-corrected chi connectivity index (χ2v) is 6.40. The lowest BCUT2D eigenvalue weighted by Crippen LogP contribution is -2.35. The summed E-state index contributed by atoms with van der Waals surface area (Å²) in [5.41, 5.74) is 0.339. The molecule has 0 fully saturated rings. The van der Waals surface area contributed by atoms with Gasteiger partial charge in [-0.05, 0) is 18.2 Å². The first kappa shape index (κ1) is 17.8. The Morgan fingerprint density at radius 1 is 1.38 bits per heavy atom. The monoisotopic (exact) mass is 341 g/mol. The van der Waals surface area contributed by atoms with Gasteiger partial charge in [0, 0.05) is 12.6 Å². The van der Waals surface area contributed by atoms with Crippen molar-refractivity contribution in [3.05, 3.63) is 28.8 Å². The number of benzene rings is 1. The van der Waals surface area contributed by atoms with Crippen LogP contribution in [0.5, 0.6) is 0 Å². The van der Waals surface area contributed by atoms with Crippen LogP contribution < -0.4 is 0 Å². The van der Waals surface area contributed by atoms with E-state index in [1.807, 2.05) is 0 Å². The van der Waals surface area contributed by atoms with E-state index in [0.717, 1.165) is 13.1 Å². The molecule has 1 aromatic carbocycles. The predicted octanol–water partition coefficient (Wildman–Crippen LogP) is 1.87. The van der Waals surface area contributed by atoms with Gasteiger partial charge in [0.05, 0.1) is 5.02 Å². The van der Waals surface area contributed by atoms with Crippen LogP contribution in [0.15, 0.2) is 23.1 Å². The molecular weight excluding hydrogens is 331 g/mol. The van der Waals surface area contributed by atoms with E-state index in [9.17, 15) is 21.6 Å². The number of aliphatic hydroxyl groups excluding tert-OH is 1. The predicted molar refractivity (Wildman–Crippen MR) is 71.3 cm³/mol. The van der Waals surface area contributed by atoms with Gasteiger partial charge in [0.25, 0.3) is 0 Å². The highest BCUT2D eigenvalue weighted by molar-refractivity contribution is 7.89. The SMILES string of the molecule is CN(CC(F)(F)F)S(=O)(=O)c1ccc(C#CCO)cc1Cl. The molecule has 1 N–H and O–H groups in total. The van der Waals surface area contributed by atoms with Crippen LogP contribution in [0.1, 0.15) is 5.56 Å². The van der Waals surface area contributed by atoms with E-state index in [1.54, 1.807) is 0 Å². The highest BCUT2D eigenvalue weighted by Gasteiger charge is 2.35. The Kier molecular flexibility index (Phi) is 5.64. The molecule has 0 unspecified atom stereocenters. The fourth-order valence-corrected chi connectivity index (χ4v) is 3.11. The van der Waals surface area contributed by atoms with Crippen molar-refractivity contribution in [3.63, 3.8) is 0 Å². The Labute approximate surface area is 125 Å². The van der Waals surface area contributed by atoms with Crippen molar-refractivity contribution in [1.29, 1.82) is 0 Å². The molecule has 21 heavy (non-hydrogen) atoms. The minimum absolute atomic E-state index is 0.174. The largest absolute Gasteiger partial charge is 0.402 e. The molecule has 0 radical (unpaired) electrons. The number of hydrogen-bond donors (Lipinski definition) is 1. The molecule has 4 nitrogen and oxygen atoms in total. The lowest BCUT2D eigenvalue weighted by molar-refractivity contribution is -0.134. The smallest absolute Gasteiger partial charge is 0.384 e. The Balaban J connectivity index is 3.15. The van der Waals surface area contributed by atoms with Crippen LogP contribution in [0, 0.1) is 11.8 Å². The average molecular weight is 342 g/mol. The first-order valence-corrected chi connectivity index (χ1v) is 7.32. The van der Waals surface area contributed by atoms with Crippen molar-refractivity contribution in [2.45, 2.75) is 11.1 Å². The normalized spacial score (nSPS) is 12.1. The molecule has 0 bridgehead atoms. The Hall–Kier alpha value is -1.27. The van der Waals surface area contributed by atoms with E-state index in [1.165, 1.54) is 12.1 Å². The highest BCUT2D eigenvalue weighted by atomic mass is 35.5. The molecule has 116 valence electrons. The quantitative estimate of drug-likeness (QED) is 0.854. The summed E-state index contributed by atoms with van der Waals surface area (Å²) in [4.78, 5) is -0.439. The van der Waals surface area contributed by atoms with Crippen molar-refractivity contribution >= 4 is 21.6 Å². The molecule has 0 spiro atoms. The number of sulfonamides is 1. The fourth-order valence-electron chi connectivity index (χ4n) is 1.43. The third kappa shape index (κ3) is 4.89. The average Bonchev–Trinajstić information content (AvgIpc) is 2.34. The van der Waals surface area contributed by atoms with Gasteiger partial charge in [-0.25, -0.2) is 8.42 Å². The van der Waals surface area contributed by atoms with Crippen molar-refractivity contribution in [2.75, 3.05) is 20.2 Å². The van der Waals surface area contributed by atoms with Crippen LogP contribution in [0.2, 0.25) is 5.02 Å². The van der Waals surface area contributed by atoms with Crippen LogP contribution >= 0.6 is 11.6 Å². The lowest BCUT2D eigenvalue weighted by Gasteiger charge is -2.19. The maximum Gasteiger partial charge on any atom is 0.402 e. The zero-order valence-corrected chi connectivity index (χ0v) is 12.3. The van der Waals surface area contributed by atoms with Crippen molar-refractivity contribution in [3.8, 4) is 11.8 Å². The third-order valence-corrected chi connectivity index (χ3v) is 4.62. The van der Waals surface area contributed by atoms with E-state index in [4.69, 9.17) is 16.7 Å². The standard InChI is InChI=1S/C12H11ClF3NO3S/c1-17(8-12(14,15)16)21(19,20)11-5-4-9(3-2-6-18)7-10(11)13/h4-5,7,18H,6,8H2,1H3. The lowest BCUT2D eigenvalue weighted by atomic mass is 10.2. The van der Waals surface area contributed by atoms with Crippen LogP contribution in [0.4, 0.5) is 13.2 Å². The minimum Gasteiger partial charge on any atom is -0.384 e. The first-order chi connectivity index (χ1) is 9.58. The molecule has 0 aliphatic carbocycles. The molecule has 0 amide bonds. The maximum atomic E-state index is 12.3. The molecule has 9 heteroatoms. The highest BCUT2D eigenvalue weighted by Crippen LogP contribution is 2.27. The molecule has 0 heterocycles. The Bertz CT molecular complexity index is 677. The molecule has 0 aliphatic heterocycles. The van der Waals surface area contributed by atoms with Gasteiger partial charge < -0.3 is 5.11 Å². The zero-order chi connectivity index (χ0) is 16.3. The molecule has 0 aromatic heterocycles. The van der Waals surface area contributed by atoms with Gasteiger partial charge in [-0.15, -0.1) is 0 Å². The van der Waals surface area contributed by atoms with Gasteiger partial charge in [0.2, 0.25) is 10.0 Å². The molecule has 1 aromatic rings. The second kappa shape index (κ2) is 6.66. The zero-order valence-electron chi connectivity index (χ0n) is 10.8. The summed E-state index contributed by atoms with van der Waals surface area (Å²) in [5, 5.41) is 8.30. The van der Waals surface area contributed by atoms with Crippen LogP contribution in [-0.4, -0.2) is 44.2 Å². The molecule has 0 saturated carbocycles. The summed E-state index contributed by atoms with van der Waals surface area (Å²) in [7, 11) is -3.54. The topological polar surface area (TPSA) is 57.6 Å². The minimum atomic E-state index is -4.65. The van der Waals surface area contributed by atoms with Crippen molar-refractivity contribution < 1.29 is 26.7 Å². The van der Waals surface area contributed by atoms with E-state index < -0.39 is 27.6 Å². The van der Waals surface area contributed by atoms with Gasteiger partial charge in [-0.1, -0.05) is 23.4 Å². The Morgan fingerprint density at radius 3 is 2.48 bits per heavy atom. The molecule has 0 aliphatic rings. The van der Waals surface area contributed by atoms with Gasteiger partial charge >= 0.3 is 6.18 Å². The number of hydrogen-bond acceptors (Lipinski definition) is 3. The van der Waals surface area contributed by atoms with E-state index in [2.05, 4.69) is 11.8 Å². The van der Waals surface area contributed by atoms with Crippen molar-refractivity contribution in [2.24, 2.45) is 0 Å². The fraction of sp³-hybridized carbons (Fsp3) is 0.333. The maximum absolute atomic E-state index is 12.3. The number of rotatable bonds is 3. The van der Waals surface area contributed by atoms with Gasteiger partial charge in [-0.3, -0.25) is 0 Å². The van der Waals surface area contributed by atoms with Crippen molar-refractivity contribution in [1.82, 2.24) is 4.31 Å². The van der Waals surface area contributed by atoms with Crippen LogP contribution in [0.25, 0.3) is 0 Å². The summed E-state index contributed by atoms with van der Waals surface area (Å²) < 4.78 is 61.0. The molecule has 0 atom stereocenters. The molecular formula is C12H11ClF3NO3S. The van der Waals surface area contributed by atoms with Gasteiger partial charge in [0.15, 0.2) is 0 Å². The van der Waals surface area contributed by atoms with E-state index >= 15 is 0 Å². The summed E-state index contributed by atoms with van der Waals surface area (Å²) in [6, 6.07) is 3.58. The third-order valence-electron chi connectivity index (χ3n) is 2.33. The Morgan fingerprint density at radius 2 is 2.00 bits per heavy atom. The first-order valence-electron chi connectivity index (χ1n) is 5.50. The van der Waals surface area contributed by atoms with Crippen LogP contribution in [0.3, 0.4) is 0 Å². The van der Waals surface area contributed by atoms with Gasteiger partial charge in [0.1, 0.15) is 18.0 Å². The number of aliphatic hydroxyl groups is 1. The summed E-state index contributed by atoms with van der Waals surface area (Å²) in [6.07, 6.45) is -4.65. The van der Waals surface area contributed by atoms with E-state index in [0.29, 0.717) is 5.56 Å². The number of nitrogens with zero attached hydrogens (tertiary/aromatic N) is 1. The number of alkyl halides is 3. The summed E-state index contributed by atoms with van der Waals surface area (Å²) >= 11 is 5.79. The van der Waals surface area contributed by atoms with Crippen LogP contribution in [-0.2, 0) is 10.0 Å². The van der Waals surface area contributed by atoms with E-state index in [-0.39, 0.29) is 15.9 Å².